The lowest BCUT2D eigenvalue weighted by Crippen LogP contribution is -2.37. The van der Waals surface area contributed by atoms with Gasteiger partial charge in [-0.15, -0.1) is 0 Å². The Bertz CT molecular complexity index is 692. The van der Waals surface area contributed by atoms with Gasteiger partial charge < -0.3 is 24.4 Å². The summed E-state index contributed by atoms with van der Waals surface area (Å²) in [7, 11) is 1.58. The summed E-state index contributed by atoms with van der Waals surface area (Å²) in [4.78, 5) is 10.9. The molecule has 23 heavy (non-hydrogen) atoms. The fraction of sp³-hybridized carbons (Fsp3) is 0.375. The molecule has 0 saturated carbocycles. The minimum Gasteiger partial charge on any atom is -0.493 e. The van der Waals surface area contributed by atoms with E-state index in [-0.39, 0.29) is 11.8 Å². The third-order valence-corrected chi connectivity index (χ3v) is 3.72. The van der Waals surface area contributed by atoms with Crippen molar-refractivity contribution >= 4 is 5.97 Å². The maximum absolute atomic E-state index is 10.9. The molecule has 1 unspecified atom stereocenters. The zero-order valence-electron chi connectivity index (χ0n) is 12.7. The van der Waals surface area contributed by atoms with Crippen LogP contribution in [0.15, 0.2) is 28.8 Å². The quantitative estimate of drug-likeness (QED) is 0.872. The number of hydrogen-bond donors (Lipinski definition) is 2. The zero-order chi connectivity index (χ0) is 16.2. The van der Waals surface area contributed by atoms with Crippen molar-refractivity contribution in [2.24, 2.45) is 0 Å². The lowest BCUT2D eigenvalue weighted by Gasteiger charge is -2.25. The second-order valence-corrected chi connectivity index (χ2v) is 5.33. The van der Waals surface area contributed by atoms with Crippen LogP contribution < -0.4 is 14.8 Å². The third kappa shape index (κ3) is 3.45. The largest absolute Gasteiger partial charge is 0.493 e. The standard InChI is InChI=1S/C16H18N2O5/c1-21-13-5-4-10(14-8-12(16(19)20)18-23-14)7-15(13)22-11-3-2-6-17-9-11/h4-5,7-8,11,17H,2-3,6,9H2,1H3,(H,19,20). The highest BCUT2D eigenvalue weighted by Gasteiger charge is 2.18. The van der Waals surface area contributed by atoms with Crippen LogP contribution in [0.25, 0.3) is 11.3 Å². The average Bonchev–Trinajstić information content (AvgIpc) is 3.06. The van der Waals surface area contributed by atoms with E-state index in [0.717, 1.165) is 25.9 Å². The Morgan fingerprint density at radius 1 is 1.39 bits per heavy atom. The molecule has 2 N–H and O–H groups in total. The molecule has 0 spiro atoms. The monoisotopic (exact) mass is 318 g/mol. The van der Waals surface area contributed by atoms with Crippen LogP contribution in [0.4, 0.5) is 0 Å². The highest BCUT2D eigenvalue weighted by molar-refractivity contribution is 5.86. The molecule has 1 aliphatic heterocycles. The second kappa shape index (κ2) is 6.70. The number of aromatic nitrogens is 1. The molecule has 1 aliphatic rings. The van der Waals surface area contributed by atoms with Crippen molar-refractivity contribution in [3.05, 3.63) is 30.0 Å². The summed E-state index contributed by atoms with van der Waals surface area (Å²) in [6.45, 7) is 1.80. The molecule has 2 aromatic rings. The number of benzene rings is 1. The summed E-state index contributed by atoms with van der Waals surface area (Å²) >= 11 is 0. The van der Waals surface area contributed by atoms with Gasteiger partial charge in [0.15, 0.2) is 23.0 Å². The van der Waals surface area contributed by atoms with Crippen LogP contribution >= 0.6 is 0 Å². The first kappa shape index (κ1) is 15.4. The Kier molecular flexibility index (Phi) is 4.47. The second-order valence-electron chi connectivity index (χ2n) is 5.33. The lowest BCUT2D eigenvalue weighted by atomic mass is 10.1. The van der Waals surface area contributed by atoms with Gasteiger partial charge in [-0.05, 0) is 37.6 Å². The van der Waals surface area contributed by atoms with E-state index in [1.165, 1.54) is 6.07 Å². The molecule has 1 saturated heterocycles. The van der Waals surface area contributed by atoms with Gasteiger partial charge in [0.1, 0.15) is 6.10 Å². The maximum Gasteiger partial charge on any atom is 0.358 e. The van der Waals surface area contributed by atoms with Gasteiger partial charge in [0, 0.05) is 18.2 Å². The number of nitrogens with one attached hydrogen (secondary N) is 1. The van der Waals surface area contributed by atoms with Gasteiger partial charge in [0.05, 0.1) is 7.11 Å². The van der Waals surface area contributed by atoms with Crippen LogP contribution in [0.2, 0.25) is 0 Å². The molecule has 7 heteroatoms. The van der Waals surface area contributed by atoms with Gasteiger partial charge in [-0.1, -0.05) is 5.16 Å². The number of rotatable bonds is 5. The van der Waals surface area contributed by atoms with Crippen LogP contribution in [-0.4, -0.2) is 42.5 Å². The van der Waals surface area contributed by atoms with E-state index in [0.29, 0.717) is 22.8 Å². The van der Waals surface area contributed by atoms with Crippen molar-refractivity contribution in [2.75, 3.05) is 20.2 Å². The number of methoxy groups -OCH3 is 1. The molecule has 1 fully saturated rings. The highest BCUT2D eigenvalue weighted by Crippen LogP contribution is 2.34. The highest BCUT2D eigenvalue weighted by atomic mass is 16.5. The Labute approximate surface area is 133 Å². The summed E-state index contributed by atoms with van der Waals surface area (Å²) in [6, 6.07) is 6.70. The Balaban J connectivity index is 1.86. The molecule has 0 aliphatic carbocycles. The number of carboxylic acid groups (broad SMARTS) is 1. The number of ether oxygens (including phenoxy) is 2. The zero-order valence-corrected chi connectivity index (χ0v) is 12.7. The van der Waals surface area contributed by atoms with Gasteiger partial charge >= 0.3 is 5.97 Å². The van der Waals surface area contributed by atoms with Crippen LogP contribution in [-0.2, 0) is 0 Å². The molecule has 1 atom stereocenters. The number of aromatic carboxylic acids is 1. The summed E-state index contributed by atoms with van der Waals surface area (Å²) in [6.07, 6.45) is 2.12. The van der Waals surface area contributed by atoms with E-state index in [4.69, 9.17) is 19.1 Å². The molecular weight excluding hydrogens is 300 g/mol. The van der Waals surface area contributed by atoms with Gasteiger partial charge in [-0.2, -0.15) is 0 Å². The van der Waals surface area contributed by atoms with Crippen molar-refractivity contribution in [3.63, 3.8) is 0 Å². The molecule has 1 aromatic heterocycles. The lowest BCUT2D eigenvalue weighted by molar-refractivity contribution is 0.0686. The summed E-state index contributed by atoms with van der Waals surface area (Å²) in [5.41, 5.74) is 0.555. The minimum atomic E-state index is -1.13. The number of carboxylic acids is 1. The molecule has 0 radical (unpaired) electrons. The summed E-state index contributed by atoms with van der Waals surface area (Å²) in [5.74, 6) is 0.471. The van der Waals surface area contributed by atoms with Crippen LogP contribution in [0, 0.1) is 0 Å². The number of piperidine rings is 1. The first-order chi connectivity index (χ1) is 11.2. The first-order valence-corrected chi connectivity index (χ1v) is 7.43. The number of nitrogens with zero attached hydrogens (tertiary/aromatic N) is 1. The van der Waals surface area contributed by atoms with E-state index in [2.05, 4.69) is 10.5 Å². The molecule has 0 amide bonds. The molecule has 2 heterocycles. The van der Waals surface area contributed by atoms with E-state index >= 15 is 0 Å². The fourth-order valence-corrected chi connectivity index (χ4v) is 2.53. The van der Waals surface area contributed by atoms with Gasteiger partial charge in [0.25, 0.3) is 0 Å². The molecule has 7 nitrogen and oxygen atoms in total. The summed E-state index contributed by atoms with van der Waals surface area (Å²) in [5, 5.41) is 15.7. The van der Waals surface area contributed by atoms with E-state index in [1.54, 1.807) is 25.3 Å². The molecule has 1 aromatic carbocycles. The van der Waals surface area contributed by atoms with E-state index in [1.807, 2.05) is 0 Å². The smallest absolute Gasteiger partial charge is 0.358 e. The van der Waals surface area contributed by atoms with Crippen molar-refractivity contribution in [1.82, 2.24) is 10.5 Å². The van der Waals surface area contributed by atoms with E-state index in [9.17, 15) is 4.79 Å². The Hall–Kier alpha value is -2.54. The van der Waals surface area contributed by atoms with Crippen LogP contribution in [0.3, 0.4) is 0 Å². The molecule has 3 rings (SSSR count). The van der Waals surface area contributed by atoms with Crippen molar-refractivity contribution in [3.8, 4) is 22.8 Å². The average molecular weight is 318 g/mol. The molecular formula is C16H18N2O5. The number of carbonyl (C=O) groups is 1. The summed E-state index contributed by atoms with van der Waals surface area (Å²) < 4.78 is 16.5. The molecule has 0 bridgehead atoms. The SMILES string of the molecule is COc1ccc(-c2cc(C(=O)O)no2)cc1OC1CCCNC1. The Morgan fingerprint density at radius 3 is 2.91 bits per heavy atom. The predicted octanol–water partition coefficient (Wildman–Crippen LogP) is 2.18. The van der Waals surface area contributed by atoms with Crippen molar-refractivity contribution < 1.29 is 23.9 Å². The van der Waals surface area contributed by atoms with Crippen LogP contribution in [0.5, 0.6) is 11.5 Å². The van der Waals surface area contributed by atoms with Crippen molar-refractivity contribution in [2.45, 2.75) is 18.9 Å². The van der Waals surface area contributed by atoms with Gasteiger partial charge in [-0.3, -0.25) is 0 Å². The topological polar surface area (TPSA) is 93.8 Å². The van der Waals surface area contributed by atoms with Crippen LogP contribution in [0.1, 0.15) is 23.3 Å². The van der Waals surface area contributed by atoms with Gasteiger partial charge in [-0.25, -0.2) is 4.79 Å². The third-order valence-electron chi connectivity index (χ3n) is 3.72. The minimum absolute atomic E-state index is 0.0807. The fourth-order valence-electron chi connectivity index (χ4n) is 2.53. The van der Waals surface area contributed by atoms with Gasteiger partial charge in [0.2, 0.25) is 0 Å². The van der Waals surface area contributed by atoms with E-state index < -0.39 is 5.97 Å². The predicted molar refractivity (Wildman–Crippen MR) is 82.0 cm³/mol. The Morgan fingerprint density at radius 2 is 2.26 bits per heavy atom. The number of hydrogen-bond acceptors (Lipinski definition) is 6. The maximum atomic E-state index is 10.9. The normalized spacial score (nSPS) is 17.7. The van der Waals surface area contributed by atoms with Crippen molar-refractivity contribution in [1.29, 1.82) is 0 Å². The molecule has 122 valence electrons. The first-order valence-electron chi connectivity index (χ1n) is 7.43.